The Morgan fingerprint density at radius 3 is 2.59 bits per heavy atom. The minimum atomic E-state index is 0.407. The van der Waals surface area contributed by atoms with Crippen LogP contribution in [0.4, 0.5) is 11.8 Å². The van der Waals surface area contributed by atoms with Crippen LogP contribution in [0, 0.1) is 0 Å². The Morgan fingerprint density at radius 1 is 1.29 bits per heavy atom. The molecule has 0 amide bonds. The van der Waals surface area contributed by atoms with Gasteiger partial charge in [-0.05, 0) is 5.92 Å². The molecule has 2 rings (SSSR count). The molecule has 0 spiro atoms. The zero-order valence-electron chi connectivity index (χ0n) is 10.7. The zero-order chi connectivity index (χ0) is 12.3. The first-order valence-electron chi connectivity index (χ1n) is 6.10. The second kappa shape index (κ2) is 5.31. The van der Waals surface area contributed by atoms with E-state index in [1.165, 1.54) is 0 Å². The molecule has 1 N–H and O–H groups in total. The largest absolute Gasteiger partial charge is 0.378 e. The molecule has 0 unspecified atom stereocenters. The van der Waals surface area contributed by atoms with E-state index in [4.69, 9.17) is 4.74 Å². The van der Waals surface area contributed by atoms with Crippen molar-refractivity contribution in [3.05, 3.63) is 11.8 Å². The van der Waals surface area contributed by atoms with Crippen LogP contribution in [0.1, 0.15) is 25.5 Å². The van der Waals surface area contributed by atoms with Gasteiger partial charge in [-0.15, -0.1) is 0 Å². The van der Waals surface area contributed by atoms with E-state index in [0.717, 1.165) is 43.8 Å². The van der Waals surface area contributed by atoms with Gasteiger partial charge in [0, 0.05) is 26.2 Å². The number of nitrogens with zero attached hydrogens (tertiary/aromatic N) is 3. The number of hydrogen-bond donors (Lipinski definition) is 1. The first kappa shape index (κ1) is 12.1. The normalized spacial score (nSPS) is 16.4. The van der Waals surface area contributed by atoms with Crippen molar-refractivity contribution in [1.29, 1.82) is 0 Å². The van der Waals surface area contributed by atoms with Crippen molar-refractivity contribution in [2.45, 2.75) is 19.8 Å². The molecule has 5 heteroatoms. The summed E-state index contributed by atoms with van der Waals surface area (Å²) < 4.78 is 5.34. The van der Waals surface area contributed by atoms with E-state index in [-0.39, 0.29) is 0 Å². The summed E-state index contributed by atoms with van der Waals surface area (Å²) >= 11 is 0. The highest BCUT2D eigenvalue weighted by molar-refractivity contribution is 5.44. The molecular formula is C12H20N4O. The quantitative estimate of drug-likeness (QED) is 0.861. The van der Waals surface area contributed by atoms with E-state index < -0.39 is 0 Å². The lowest BCUT2D eigenvalue weighted by Gasteiger charge is -2.27. The van der Waals surface area contributed by atoms with Crippen LogP contribution in [0.3, 0.4) is 0 Å². The summed E-state index contributed by atoms with van der Waals surface area (Å²) in [7, 11) is 1.88. The maximum absolute atomic E-state index is 5.34. The van der Waals surface area contributed by atoms with Crippen molar-refractivity contribution in [3.8, 4) is 0 Å². The molecule has 1 saturated heterocycles. The maximum atomic E-state index is 5.34. The summed E-state index contributed by atoms with van der Waals surface area (Å²) in [5.74, 6) is 2.10. The monoisotopic (exact) mass is 236 g/mol. The van der Waals surface area contributed by atoms with Crippen LogP contribution in [0.15, 0.2) is 6.07 Å². The number of rotatable bonds is 3. The molecule has 94 valence electrons. The Hall–Kier alpha value is -1.36. The van der Waals surface area contributed by atoms with Crippen LogP contribution in [0.25, 0.3) is 0 Å². The topological polar surface area (TPSA) is 50.3 Å². The fourth-order valence-corrected chi connectivity index (χ4v) is 1.78. The molecule has 0 aliphatic carbocycles. The average Bonchev–Trinajstić information content (AvgIpc) is 2.39. The van der Waals surface area contributed by atoms with Crippen LogP contribution >= 0.6 is 0 Å². The van der Waals surface area contributed by atoms with Crippen molar-refractivity contribution >= 4 is 11.8 Å². The molecule has 1 fully saturated rings. The fourth-order valence-electron chi connectivity index (χ4n) is 1.78. The number of aromatic nitrogens is 2. The van der Waals surface area contributed by atoms with Crippen LogP contribution in [-0.2, 0) is 4.74 Å². The third-order valence-corrected chi connectivity index (χ3v) is 2.88. The molecule has 0 bridgehead atoms. The Labute approximate surface area is 102 Å². The minimum absolute atomic E-state index is 0.407. The van der Waals surface area contributed by atoms with Crippen molar-refractivity contribution in [2.24, 2.45) is 0 Å². The lowest BCUT2D eigenvalue weighted by molar-refractivity contribution is 0.122. The Bertz CT molecular complexity index is 375. The molecule has 0 atom stereocenters. The predicted octanol–water partition coefficient (Wildman–Crippen LogP) is 1.48. The molecule has 2 heterocycles. The summed E-state index contributed by atoms with van der Waals surface area (Å²) in [6.07, 6.45) is 0. The maximum Gasteiger partial charge on any atom is 0.227 e. The fraction of sp³-hybridized carbons (Fsp3) is 0.667. The van der Waals surface area contributed by atoms with Gasteiger partial charge in [-0.2, -0.15) is 4.98 Å². The second-order valence-corrected chi connectivity index (χ2v) is 4.48. The zero-order valence-corrected chi connectivity index (χ0v) is 10.7. The van der Waals surface area contributed by atoms with Crippen LogP contribution < -0.4 is 10.2 Å². The third-order valence-electron chi connectivity index (χ3n) is 2.88. The molecule has 1 aromatic rings. The van der Waals surface area contributed by atoms with Crippen LogP contribution in [0.2, 0.25) is 0 Å². The summed E-state index contributed by atoms with van der Waals surface area (Å²) in [5, 5.41) is 3.09. The first-order chi connectivity index (χ1) is 8.20. The standard InChI is InChI=1S/C12H20N4O/c1-9(2)10-8-11(13-3)15-12(14-10)16-4-6-17-7-5-16/h8-9H,4-7H2,1-3H3,(H,13,14,15). The highest BCUT2D eigenvalue weighted by Gasteiger charge is 2.16. The van der Waals surface area contributed by atoms with Crippen molar-refractivity contribution in [2.75, 3.05) is 43.6 Å². The van der Waals surface area contributed by atoms with Gasteiger partial charge in [0.1, 0.15) is 5.82 Å². The molecule has 0 saturated carbocycles. The predicted molar refractivity (Wildman–Crippen MR) is 68.7 cm³/mol. The summed E-state index contributed by atoms with van der Waals surface area (Å²) in [5.41, 5.74) is 1.07. The van der Waals surface area contributed by atoms with Gasteiger partial charge in [0.2, 0.25) is 5.95 Å². The van der Waals surface area contributed by atoms with E-state index in [0.29, 0.717) is 5.92 Å². The van der Waals surface area contributed by atoms with E-state index >= 15 is 0 Å². The minimum Gasteiger partial charge on any atom is -0.378 e. The third kappa shape index (κ3) is 2.85. The van der Waals surface area contributed by atoms with Gasteiger partial charge in [-0.1, -0.05) is 13.8 Å². The van der Waals surface area contributed by atoms with Gasteiger partial charge in [-0.3, -0.25) is 0 Å². The highest BCUT2D eigenvalue weighted by atomic mass is 16.5. The SMILES string of the molecule is CNc1cc(C(C)C)nc(N2CCOCC2)n1. The molecular weight excluding hydrogens is 216 g/mol. The smallest absolute Gasteiger partial charge is 0.227 e. The second-order valence-electron chi connectivity index (χ2n) is 4.48. The summed E-state index contributed by atoms with van der Waals surface area (Å²) in [4.78, 5) is 11.3. The molecule has 0 radical (unpaired) electrons. The van der Waals surface area contributed by atoms with Gasteiger partial charge < -0.3 is 15.0 Å². The lowest BCUT2D eigenvalue weighted by Crippen LogP contribution is -2.37. The number of ether oxygens (including phenoxy) is 1. The molecule has 1 aromatic heterocycles. The van der Waals surface area contributed by atoms with Crippen LogP contribution in [0.5, 0.6) is 0 Å². The average molecular weight is 236 g/mol. The first-order valence-corrected chi connectivity index (χ1v) is 6.10. The van der Waals surface area contributed by atoms with Crippen LogP contribution in [-0.4, -0.2) is 43.3 Å². The van der Waals surface area contributed by atoms with Crippen molar-refractivity contribution < 1.29 is 4.74 Å². The van der Waals surface area contributed by atoms with E-state index in [1.807, 2.05) is 13.1 Å². The summed E-state index contributed by atoms with van der Waals surface area (Å²) in [6, 6.07) is 2.01. The van der Waals surface area contributed by atoms with Gasteiger partial charge in [0.05, 0.1) is 18.9 Å². The molecule has 5 nitrogen and oxygen atoms in total. The molecule has 1 aliphatic rings. The number of nitrogens with one attached hydrogen (secondary N) is 1. The van der Waals surface area contributed by atoms with Crippen molar-refractivity contribution in [1.82, 2.24) is 9.97 Å². The van der Waals surface area contributed by atoms with Crippen molar-refractivity contribution in [3.63, 3.8) is 0 Å². The lowest BCUT2D eigenvalue weighted by atomic mass is 10.1. The Balaban J connectivity index is 2.28. The van der Waals surface area contributed by atoms with E-state index in [2.05, 4.69) is 34.0 Å². The highest BCUT2D eigenvalue weighted by Crippen LogP contribution is 2.20. The van der Waals surface area contributed by atoms with Gasteiger partial charge >= 0.3 is 0 Å². The van der Waals surface area contributed by atoms with Gasteiger partial charge in [0.15, 0.2) is 0 Å². The van der Waals surface area contributed by atoms with E-state index in [9.17, 15) is 0 Å². The molecule has 1 aliphatic heterocycles. The number of morpholine rings is 1. The Kier molecular flexibility index (Phi) is 3.78. The van der Waals surface area contributed by atoms with Gasteiger partial charge in [0.25, 0.3) is 0 Å². The Morgan fingerprint density at radius 2 is 2.00 bits per heavy atom. The molecule has 17 heavy (non-hydrogen) atoms. The molecule has 0 aromatic carbocycles. The summed E-state index contributed by atoms with van der Waals surface area (Å²) in [6.45, 7) is 7.53. The van der Waals surface area contributed by atoms with Gasteiger partial charge in [-0.25, -0.2) is 4.98 Å². The van der Waals surface area contributed by atoms with E-state index in [1.54, 1.807) is 0 Å². The number of anilines is 2. The number of hydrogen-bond acceptors (Lipinski definition) is 5.